The Bertz CT molecular complexity index is 471. The summed E-state index contributed by atoms with van der Waals surface area (Å²) in [6.07, 6.45) is 1.74. The van der Waals surface area contributed by atoms with Crippen molar-refractivity contribution in [1.82, 2.24) is 5.43 Å². The molecular formula is C15H20N2O2. The van der Waals surface area contributed by atoms with Gasteiger partial charge >= 0.3 is 6.09 Å². The molecule has 0 unspecified atom stereocenters. The molecule has 1 amide bonds. The number of carbonyl (C=O) groups excluding carboxylic acids is 1. The number of rotatable bonds is 3. The van der Waals surface area contributed by atoms with E-state index >= 15 is 0 Å². The van der Waals surface area contributed by atoms with E-state index in [-0.39, 0.29) is 0 Å². The molecule has 0 aliphatic heterocycles. The fourth-order valence-electron chi connectivity index (χ4n) is 1.76. The van der Waals surface area contributed by atoms with Crippen molar-refractivity contribution in [3.8, 4) is 0 Å². The predicted molar refractivity (Wildman–Crippen MR) is 75.1 cm³/mol. The van der Waals surface area contributed by atoms with E-state index in [2.05, 4.69) is 10.5 Å². The van der Waals surface area contributed by atoms with Crippen molar-refractivity contribution < 1.29 is 9.53 Å². The van der Waals surface area contributed by atoms with Crippen LogP contribution in [0.3, 0.4) is 0 Å². The SMILES string of the molecule is CC(C)(C)OC(=O)N/N=C(/c1ccccc1)C1CC1. The minimum atomic E-state index is -0.512. The smallest absolute Gasteiger partial charge is 0.428 e. The van der Waals surface area contributed by atoms with E-state index in [1.165, 1.54) is 0 Å². The maximum absolute atomic E-state index is 11.6. The van der Waals surface area contributed by atoms with Crippen LogP contribution in [0, 0.1) is 5.92 Å². The number of hydrogen-bond donors (Lipinski definition) is 1. The first kappa shape index (κ1) is 13.6. The molecular weight excluding hydrogens is 240 g/mol. The zero-order valence-electron chi connectivity index (χ0n) is 11.6. The highest BCUT2D eigenvalue weighted by molar-refractivity contribution is 6.03. The van der Waals surface area contributed by atoms with Crippen LogP contribution in [-0.4, -0.2) is 17.4 Å². The van der Waals surface area contributed by atoms with Crippen LogP contribution in [0.2, 0.25) is 0 Å². The molecule has 2 rings (SSSR count). The molecule has 19 heavy (non-hydrogen) atoms. The molecule has 1 aliphatic carbocycles. The van der Waals surface area contributed by atoms with E-state index in [4.69, 9.17) is 4.74 Å². The Balaban J connectivity index is 2.04. The van der Waals surface area contributed by atoms with E-state index in [0.29, 0.717) is 5.92 Å². The van der Waals surface area contributed by atoms with Crippen LogP contribution in [0.25, 0.3) is 0 Å². The maximum atomic E-state index is 11.6. The second kappa shape index (κ2) is 5.43. The van der Waals surface area contributed by atoms with Crippen molar-refractivity contribution in [2.75, 3.05) is 0 Å². The van der Waals surface area contributed by atoms with Gasteiger partial charge in [-0.05, 0) is 39.2 Å². The fourth-order valence-corrected chi connectivity index (χ4v) is 1.76. The van der Waals surface area contributed by atoms with Crippen molar-refractivity contribution in [1.29, 1.82) is 0 Å². The summed E-state index contributed by atoms with van der Waals surface area (Å²) in [5, 5.41) is 4.23. The van der Waals surface area contributed by atoms with Gasteiger partial charge in [0.2, 0.25) is 0 Å². The molecule has 0 aromatic heterocycles. The predicted octanol–water partition coefficient (Wildman–Crippen LogP) is 3.33. The monoisotopic (exact) mass is 260 g/mol. The van der Waals surface area contributed by atoms with Gasteiger partial charge in [-0.3, -0.25) is 0 Å². The second-order valence-corrected chi connectivity index (χ2v) is 5.75. The van der Waals surface area contributed by atoms with Crippen LogP contribution < -0.4 is 5.43 Å². The number of nitrogens with one attached hydrogen (secondary N) is 1. The minimum absolute atomic E-state index is 0.456. The molecule has 1 aromatic rings. The molecule has 1 fully saturated rings. The number of amides is 1. The van der Waals surface area contributed by atoms with Crippen LogP contribution in [0.15, 0.2) is 35.4 Å². The molecule has 1 aliphatic rings. The van der Waals surface area contributed by atoms with Crippen LogP contribution in [0.4, 0.5) is 4.79 Å². The molecule has 0 radical (unpaired) electrons. The Morgan fingerprint density at radius 1 is 1.26 bits per heavy atom. The highest BCUT2D eigenvalue weighted by Gasteiger charge is 2.29. The van der Waals surface area contributed by atoms with Crippen molar-refractivity contribution in [3.05, 3.63) is 35.9 Å². The Labute approximate surface area is 113 Å². The van der Waals surface area contributed by atoms with Gasteiger partial charge in [-0.2, -0.15) is 5.10 Å². The number of hydrazone groups is 1. The van der Waals surface area contributed by atoms with E-state index in [1.54, 1.807) is 0 Å². The van der Waals surface area contributed by atoms with Crippen LogP contribution in [-0.2, 0) is 4.74 Å². The summed E-state index contributed by atoms with van der Waals surface area (Å²) >= 11 is 0. The van der Waals surface area contributed by atoms with E-state index in [1.807, 2.05) is 51.1 Å². The zero-order chi connectivity index (χ0) is 13.9. The largest absolute Gasteiger partial charge is 0.443 e. The summed E-state index contributed by atoms with van der Waals surface area (Å²) in [7, 11) is 0. The highest BCUT2D eigenvalue weighted by atomic mass is 16.6. The summed E-state index contributed by atoms with van der Waals surface area (Å²) in [6, 6.07) is 9.93. The zero-order valence-corrected chi connectivity index (χ0v) is 11.6. The van der Waals surface area contributed by atoms with Gasteiger partial charge in [-0.25, -0.2) is 10.2 Å². The third-order valence-corrected chi connectivity index (χ3v) is 2.70. The van der Waals surface area contributed by atoms with Crippen molar-refractivity contribution >= 4 is 11.8 Å². The Morgan fingerprint density at radius 3 is 2.42 bits per heavy atom. The van der Waals surface area contributed by atoms with Crippen LogP contribution in [0.1, 0.15) is 39.2 Å². The summed E-state index contributed by atoms with van der Waals surface area (Å²) in [5.41, 5.74) is 3.97. The van der Waals surface area contributed by atoms with Gasteiger partial charge in [0.1, 0.15) is 5.60 Å². The van der Waals surface area contributed by atoms with Gasteiger partial charge in [0.25, 0.3) is 0 Å². The summed E-state index contributed by atoms with van der Waals surface area (Å²) in [4.78, 5) is 11.6. The average molecular weight is 260 g/mol. The number of hydrogen-bond acceptors (Lipinski definition) is 3. The Morgan fingerprint density at radius 2 is 1.89 bits per heavy atom. The van der Waals surface area contributed by atoms with Gasteiger partial charge in [0.15, 0.2) is 0 Å². The first-order valence-electron chi connectivity index (χ1n) is 6.58. The molecule has 0 heterocycles. The number of nitrogens with zero attached hydrogens (tertiary/aromatic N) is 1. The second-order valence-electron chi connectivity index (χ2n) is 5.75. The average Bonchev–Trinajstić information content (AvgIpc) is 3.13. The van der Waals surface area contributed by atoms with Gasteiger partial charge in [0.05, 0.1) is 5.71 Å². The summed E-state index contributed by atoms with van der Waals surface area (Å²) in [5.74, 6) is 0.456. The molecule has 1 N–H and O–H groups in total. The molecule has 1 saturated carbocycles. The summed E-state index contributed by atoms with van der Waals surface area (Å²) in [6.45, 7) is 5.49. The number of ether oxygens (including phenoxy) is 1. The standard InChI is InChI=1S/C15H20N2O2/c1-15(2,3)19-14(18)17-16-13(12-9-10-12)11-7-5-4-6-8-11/h4-8,12H,9-10H2,1-3H3,(H,17,18)/b16-13-. The lowest BCUT2D eigenvalue weighted by Crippen LogP contribution is -2.30. The van der Waals surface area contributed by atoms with E-state index in [0.717, 1.165) is 24.1 Å². The third kappa shape index (κ3) is 4.39. The lowest BCUT2D eigenvalue weighted by molar-refractivity contribution is 0.0529. The molecule has 4 heteroatoms. The highest BCUT2D eigenvalue weighted by Crippen LogP contribution is 2.33. The molecule has 0 atom stereocenters. The lowest BCUT2D eigenvalue weighted by Gasteiger charge is -2.18. The van der Waals surface area contributed by atoms with E-state index < -0.39 is 11.7 Å². The molecule has 0 spiro atoms. The maximum Gasteiger partial charge on any atom is 0.428 e. The number of benzene rings is 1. The van der Waals surface area contributed by atoms with Crippen LogP contribution >= 0.6 is 0 Å². The third-order valence-electron chi connectivity index (χ3n) is 2.70. The van der Waals surface area contributed by atoms with Crippen molar-refractivity contribution in [2.45, 2.75) is 39.2 Å². The Kier molecular flexibility index (Phi) is 3.88. The Hall–Kier alpha value is -1.84. The van der Waals surface area contributed by atoms with Gasteiger partial charge in [-0.1, -0.05) is 30.3 Å². The molecule has 102 valence electrons. The van der Waals surface area contributed by atoms with Gasteiger partial charge in [0, 0.05) is 5.92 Å². The van der Waals surface area contributed by atoms with Crippen molar-refractivity contribution in [3.63, 3.8) is 0 Å². The topological polar surface area (TPSA) is 50.7 Å². The molecule has 0 bridgehead atoms. The summed E-state index contributed by atoms with van der Waals surface area (Å²) < 4.78 is 5.17. The lowest BCUT2D eigenvalue weighted by atomic mass is 10.1. The fraction of sp³-hybridized carbons (Fsp3) is 0.467. The number of carbonyl (C=O) groups is 1. The van der Waals surface area contributed by atoms with Crippen molar-refractivity contribution in [2.24, 2.45) is 11.0 Å². The molecule has 1 aromatic carbocycles. The molecule has 0 saturated heterocycles. The first-order valence-corrected chi connectivity index (χ1v) is 6.58. The van der Waals surface area contributed by atoms with Gasteiger partial charge < -0.3 is 4.74 Å². The quantitative estimate of drug-likeness (QED) is 0.669. The van der Waals surface area contributed by atoms with Crippen LogP contribution in [0.5, 0.6) is 0 Å². The normalized spacial score (nSPS) is 16.1. The molecule has 4 nitrogen and oxygen atoms in total. The minimum Gasteiger partial charge on any atom is -0.443 e. The van der Waals surface area contributed by atoms with Gasteiger partial charge in [-0.15, -0.1) is 0 Å². The van der Waals surface area contributed by atoms with E-state index in [9.17, 15) is 4.79 Å². The first-order chi connectivity index (χ1) is 8.96.